The second-order valence-corrected chi connectivity index (χ2v) is 6.05. The number of hydrogen-bond donors (Lipinski definition) is 2. The fourth-order valence-corrected chi connectivity index (χ4v) is 2.66. The van der Waals surface area contributed by atoms with E-state index in [1.165, 1.54) is 6.92 Å². The fraction of sp³-hybridized carbons (Fsp3) is 0.190. The minimum atomic E-state index is -0.156. The summed E-state index contributed by atoms with van der Waals surface area (Å²) in [6.45, 7) is 2.43. The molecule has 0 fully saturated rings. The van der Waals surface area contributed by atoms with Crippen molar-refractivity contribution in [3.8, 4) is 5.75 Å². The summed E-state index contributed by atoms with van der Waals surface area (Å²) < 4.78 is 5.81. The number of carbonyl (C=O) groups is 2. The van der Waals surface area contributed by atoms with Crippen LogP contribution in [0.5, 0.6) is 5.75 Å². The Kier molecular flexibility index (Phi) is 5.99. The highest BCUT2D eigenvalue weighted by Gasteiger charge is 2.06. The second kappa shape index (κ2) is 8.80. The lowest BCUT2D eigenvalue weighted by Gasteiger charge is -2.09. The van der Waals surface area contributed by atoms with Gasteiger partial charge in [-0.3, -0.25) is 14.6 Å². The van der Waals surface area contributed by atoms with Gasteiger partial charge in [0.05, 0.1) is 6.61 Å². The molecule has 0 atom stereocenters. The standard InChI is InChI=1S/C21H21N3O3/c1-15(25)24-18-10-8-17(9-11-18)21(26)23-13-4-14-27-19-7-2-5-16-6-3-12-22-20(16)19/h2-3,5-12H,4,13-14H2,1H3,(H,23,26)(H,24,25). The number of para-hydroxylation sites is 1. The van der Waals surface area contributed by atoms with Crippen LogP contribution in [0.4, 0.5) is 5.69 Å². The first-order valence-corrected chi connectivity index (χ1v) is 8.76. The Morgan fingerprint density at radius 1 is 1.04 bits per heavy atom. The summed E-state index contributed by atoms with van der Waals surface area (Å²) in [4.78, 5) is 27.5. The van der Waals surface area contributed by atoms with Gasteiger partial charge in [-0.05, 0) is 42.8 Å². The monoisotopic (exact) mass is 363 g/mol. The average Bonchev–Trinajstić information content (AvgIpc) is 2.68. The van der Waals surface area contributed by atoms with Crippen molar-refractivity contribution in [1.82, 2.24) is 10.3 Å². The van der Waals surface area contributed by atoms with Crippen LogP contribution in [0.3, 0.4) is 0 Å². The molecule has 0 unspecified atom stereocenters. The van der Waals surface area contributed by atoms with E-state index in [4.69, 9.17) is 4.74 Å². The third kappa shape index (κ3) is 5.04. The van der Waals surface area contributed by atoms with Gasteiger partial charge in [0.2, 0.25) is 5.91 Å². The van der Waals surface area contributed by atoms with Gasteiger partial charge in [-0.1, -0.05) is 18.2 Å². The molecule has 0 bridgehead atoms. The minimum absolute atomic E-state index is 0.145. The molecular weight excluding hydrogens is 342 g/mol. The number of aromatic nitrogens is 1. The fourth-order valence-electron chi connectivity index (χ4n) is 2.66. The molecule has 0 aliphatic heterocycles. The zero-order valence-electron chi connectivity index (χ0n) is 15.1. The minimum Gasteiger partial charge on any atom is -0.491 e. The zero-order chi connectivity index (χ0) is 19.1. The number of anilines is 1. The van der Waals surface area contributed by atoms with Crippen LogP contribution >= 0.6 is 0 Å². The summed E-state index contributed by atoms with van der Waals surface area (Å²) in [6.07, 6.45) is 2.42. The van der Waals surface area contributed by atoms with Crippen molar-refractivity contribution in [3.05, 3.63) is 66.4 Å². The van der Waals surface area contributed by atoms with E-state index in [-0.39, 0.29) is 11.8 Å². The van der Waals surface area contributed by atoms with Gasteiger partial charge in [0.25, 0.3) is 5.91 Å². The van der Waals surface area contributed by atoms with Crippen LogP contribution in [-0.2, 0) is 4.79 Å². The van der Waals surface area contributed by atoms with Crippen molar-refractivity contribution >= 4 is 28.4 Å². The molecule has 2 N–H and O–H groups in total. The number of amides is 2. The largest absolute Gasteiger partial charge is 0.491 e. The van der Waals surface area contributed by atoms with Crippen molar-refractivity contribution in [2.75, 3.05) is 18.5 Å². The molecule has 0 aliphatic rings. The molecule has 3 rings (SSSR count). The van der Waals surface area contributed by atoms with Crippen LogP contribution < -0.4 is 15.4 Å². The topological polar surface area (TPSA) is 80.3 Å². The molecule has 1 aromatic heterocycles. The molecule has 0 spiro atoms. The molecule has 6 nitrogen and oxygen atoms in total. The molecule has 3 aromatic rings. The number of pyridine rings is 1. The number of rotatable bonds is 7. The molecule has 27 heavy (non-hydrogen) atoms. The zero-order valence-corrected chi connectivity index (χ0v) is 15.1. The first-order chi connectivity index (χ1) is 13.1. The summed E-state index contributed by atoms with van der Waals surface area (Å²) in [5.74, 6) is 0.442. The van der Waals surface area contributed by atoms with Crippen molar-refractivity contribution < 1.29 is 14.3 Å². The number of benzene rings is 2. The van der Waals surface area contributed by atoms with E-state index in [9.17, 15) is 9.59 Å². The van der Waals surface area contributed by atoms with Crippen LogP contribution in [0.15, 0.2) is 60.8 Å². The Hall–Kier alpha value is -3.41. The molecular formula is C21H21N3O3. The maximum Gasteiger partial charge on any atom is 0.251 e. The Balaban J connectivity index is 1.44. The quantitative estimate of drug-likeness (QED) is 0.631. The van der Waals surface area contributed by atoms with E-state index < -0.39 is 0 Å². The van der Waals surface area contributed by atoms with Crippen LogP contribution in [0.2, 0.25) is 0 Å². The number of nitrogens with zero attached hydrogens (tertiary/aromatic N) is 1. The van der Waals surface area contributed by atoms with E-state index >= 15 is 0 Å². The molecule has 1 heterocycles. The van der Waals surface area contributed by atoms with Crippen molar-refractivity contribution in [2.45, 2.75) is 13.3 Å². The van der Waals surface area contributed by atoms with E-state index in [1.807, 2.05) is 30.3 Å². The predicted octanol–water partition coefficient (Wildman–Crippen LogP) is 3.39. The van der Waals surface area contributed by atoms with Crippen LogP contribution in [0.1, 0.15) is 23.7 Å². The first kappa shape index (κ1) is 18.4. The van der Waals surface area contributed by atoms with E-state index in [0.29, 0.717) is 30.8 Å². The predicted molar refractivity (Wildman–Crippen MR) is 105 cm³/mol. The molecule has 0 radical (unpaired) electrons. The third-order valence-corrected chi connectivity index (χ3v) is 3.93. The maximum absolute atomic E-state index is 12.1. The number of ether oxygens (including phenoxy) is 1. The number of hydrogen-bond acceptors (Lipinski definition) is 4. The summed E-state index contributed by atoms with van der Waals surface area (Å²) in [7, 11) is 0. The van der Waals surface area contributed by atoms with E-state index in [0.717, 1.165) is 16.7 Å². The highest BCUT2D eigenvalue weighted by Crippen LogP contribution is 2.22. The third-order valence-electron chi connectivity index (χ3n) is 3.93. The van der Waals surface area contributed by atoms with Gasteiger partial charge in [0.1, 0.15) is 11.3 Å². The van der Waals surface area contributed by atoms with Crippen LogP contribution in [0.25, 0.3) is 10.9 Å². The van der Waals surface area contributed by atoms with Crippen molar-refractivity contribution in [3.63, 3.8) is 0 Å². The lowest BCUT2D eigenvalue weighted by atomic mass is 10.2. The smallest absolute Gasteiger partial charge is 0.251 e. The van der Waals surface area contributed by atoms with Gasteiger partial charge in [0, 0.05) is 36.3 Å². The van der Waals surface area contributed by atoms with E-state index in [1.54, 1.807) is 30.5 Å². The summed E-state index contributed by atoms with van der Waals surface area (Å²) in [5, 5.41) is 6.56. The number of carbonyl (C=O) groups excluding carboxylic acids is 2. The van der Waals surface area contributed by atoms with Gasteiger partial charge in [-0.25, -0.2) is 0 Å². The summed E-state index contributed by atoms with van der Waals surface area (Å²) in [5.41, 5.74) is 2.04. The average molecular weight is 363 g/mol. The van der Waals surface area contributed by atoms with Gasteiger partial charge < -0.3 is 15.4 Å². The highest BCUT2D eigenvalue weighted by atomic mass is 16.5. The Bertz CT molecular complexity index is 934. The van der Waals surface area contributed by atoms with Crippen LogP contribution in [0, 0.1) is 0 Å². The van der Waals surface area contributed by atoms with Gasteiger partial charge in [-0.2, -0.15) is 0 Å². The summed E-state index contributed by atoms with van der Waals surface area (Å²) in [6, 6.07) is 16.5. The SMILES string of the molecule is CC(=O)Nc1ccc(C(=O)NCCCOc2cccc3cccnc23)cc1. The maximum atomic E-state index is 12.1. The molecule has 2 aromatic carbocycles. The molecule has 138 valence electrons. The number of nitrogens with one attached hydrogen (secondary N) is 2. The lowest BCUT2D eigenvalue weighted by molar-refractivity contribution is -0.114. The second-order valence-electron chi connectivity index (χ2n) is 6.05. The summed E-state index contributed by atoms with van der Waals surface area (Å²) >= 11 is 0. The van der Waals surface area contributed by atoms with Crippen molar-refractivity contribution in [2.24, 2.45) is 0 Å². The molecule has 0 saturated carbocycles. The normalized spacial score (nSPS) is 10.4. The number of fused-ring (bicyclic) bond motifs is 1. The lowest BCUT2D eigenvalue weighted by Crippen LogP contribution is -2.25. The Labute approximate surface area is 157 Å². The van der Waals surface area contributed by atoms with Gasteiger partial charge in [0.15, 0.2) is 0 Å². The first-order valence-electron chi connectivity index (χ1n) is 8.76. The Morgan fingerprint density at radius 2 is 1.81 bits per heavy atom. The van der Waals surface area contributed by atoms with Crippen LogP contribution in [-0.4, -0.2) is 29.9 Å². The van der Waals surface area contributed by atoms with Gasteiger partial charge >= 0.3 is 0 Å². The Morgan fingerprint density at radius 3 is 2.59 bits per heavy atom. The molecule has 0 saturated heterocycles. The highest BCUT2D eigenvalue weighted by molar-refractivity contribution is 5.95. The molecule has 2 amide bonds. The molecule has 6 heteroatoms. The molecule has 0 aliphatic carbocycles. The van der Waals surface area contributed by atoms with E-state index in [2.05, 4.69) is 15.6 Å². The van der Waals surface area contributed by atoms with Crippen molar-refractivity contribution in [1.29, 1.82) is 0 Å². The van der Waals surface area contributed by atoms with Gasteiger partial charge in [-0.15, -0.1) is 0 Å².